The van der Waals surface area contributed by atoms with E-state index in [4.69, 9.17) is 4.43 Å². The van der Waals surface area contributed by atoms with Crippen molar-refractivity contribution in [1.82, 2.24) is 0 Å². The van der Waals surface area contributed by atoms with Crippen LogP contribution in [-0.2, 0) is 0 Å². The molecule has 0 spiro atoms. The van der Waals surface area contributed by atoms with E-state index in [0.29, 0.717) is 0 Å². The molecule has 0 amide bonds. The Labute approximate surface area is 173 Å². The number of para-hydroxylation sites is 2. The van der Waals surface area contributed by atoms with Crippen molar-refractivity contribution in [3.8, 4) is 28.0 Å². The van der Waals surface area contributed by atoms with Gasteiger partial charge in [0.05, 0.1) is 5.69 Å². The molecule has 0 unspecified atom stereocenters. The van der Waals surface area contributed by atoms with E-state index < -0.39 is 8.48 Å². The van der Waals surface area contributed by atoms with E-state index in [-0.39, 0.29) is 0 Å². The fourth-order valence-corrected chi connectivity index (χ4v) is 6.43. The maximum absolute atomic E-state index is 6.31. The molecule has 1 heterocycles. The lowest BCUT2D eigenvalue weighted by Crippen LogP contribution is -2.46. The summed E-state index contributed by atoms with van der Waals surface area (Å²) in [6, 6.07) is 36.4. The monoisotopic (exact) mass is 393 g/mol. The van der Waals surface area contributed by atoms with Crippen molar-refractivity contribution in [2.24, 2.45) is 0 Å². The minimum Gasteiger partial charge on any atom is -0.523 e. The molecule has 0 saturated carbocycles. The van der Waals surface area contributed by atoms with Crippen molar-refractivity contribution in [3.63, 3.8) is 0 Å². The standard InChI is InChI=1S/C26H23NOSi/c1-29(2)27(25-13-6-7-14-26(25)28-29)24-17-15-21(16-18-24)23-12-8-11-22(19-23)20-9-4-3-5-10-20/h3-19H,1-2H3. The summed E-state index contributed by atoms with van der Waals surface area (Å²) in [4.78, 5) is 0. The first-order valence-electron chi connectivity index (χ1n) is 9.96. The summed E-state index contributed by atoms with van der Waals surface area (Å²) in [7, 11) is -2.03. The van der Waals surface area contributed by atoms with Crippen molar-refractivity contribution in [2.75, 3.05) is 4.57 Å². The first-order valence-corrected chi connectivity index (χ1v) is 12.8. The van der Waals surface area contributed by atoms with Crippen LogP contribution >= 0.6 is 0 Å². The molecular formula is C26H23NOSi. The van der Waals surface area contributed by atoms with Crippen LogP contribution in [0.2, 0.25) is 13.1 Å². The van der Waals surface area contributed by atoms with Crippen LogP contribution in [0.15, 0.2) is 103 Å². The van der Waals surface area contributed by atoms with E-state index in [0.717, 1.165) is 5.75 Å². The number of hydrogen-bond donors (Lipinski definition) is 0. The van der Waals surface area contributed by atoms with Gasteiger partial charge >= 0.3 is 8.48 Å². The van der Waals surface area contributed by atoms with E-state index >= 15 is 0 Å². The van der Waals surface area contributed by atoms with Crippen LogP contribution in [0.3, 0.4) is 0 Å². The van der Waals surface area contributed by atoms with Gasteiger partial charge in [-0.25, -0.2) is 0 Å². The lowest BCUT2D eigenvalue weighted by Gasteiger charge is -2.29. The van der Waals surface area contributed by atoms with Gasteiger partial charge in [0.2, 0.25) is 0 Å². The van der Waals surface area contributed by atoms with Gasteiger partial charge in [-0.3, -0.25) is 0 Å². The molecule has 0 saturated heterocycles. The maximum atomic E-state index is 6.31. The fourth-order valence-electron chi connectivity index (χ4n) is 4.09. The van der Waals surface area contributed by atoms with Gasteiger partial charge < -0.3 is 8.99 Å². The van der Waals surface area contributed by atoms with Crippen LogP contribution in [0.25, 0.3) is 22.3 Å². The Bertz CT molecular complexity index is 1150. The Kier molecular flexibility index (Phi) is 4.25. The molecule has 0 aliphatic carbocycles. The molecule has 0 radical (unpaired) electrons. The normalized spacial score (nSPS) is 14.3. The van der Waals surface area contributed by atoms with Crippen molar-refractivity contribution in [1.29, 1.82) is 0 Å². The van der Waals surface area contributed by atoms with E-state index in [2.05, 4.69) is 115 Å². The summed E-state index contributed by atoms with van der Waals surface area (Å²) in [5, 5.41) is 0. The van der Waals surface area contributed by atoms with Crippen LogP contribution in [0.5, 0.6) is 5.75 Å². The highest BCUT2D eigenvalue weighted by Gasteiger charge is 2.42. The van der Waals surface area contributed by atoms with Crippen molar-refractivity contribution in [2.45, 2.75) is 13.1 Å². The first-order chi connectivity index (χ1) is 14.1. The second kappa shape index (κ2) is 6.94. The van der Waals surface area contributed by atoms with Gasteiger partial charge in [-0.2, -0.15) is 0 Å². The Balaban J connectivity index is 1.49. The minimum absolute atomic E-state index is 0.990. The first kappa shape index (κ1) is 17.8. The molecular weight excluding hydrogens is 370 g/mol. The van der Waals surface area contributed by atoms with E-state index in [9.17, 15) is 0 Å². The second-order valence-corrected chi connectivity index (χ2v) is 11.4. The van der Waals surface area contributed by atoms with Crippen molar-refractivity contribution in [3.05, 3.63) is 103 Å². The van der Waals surface area contributed by atoms with Gasteiger partial charge in [-0.15, -0.1) is 0 Å². The zero-order valence-electron chi connectivity index (χ0n) is 16.7. The third-order valence-electron chi connectivity index (χ3n) is 5.43. The largest absolute Gasteiger partial charge is 0.523 e. The highest BCUT2D eigenvalue weighted by molar-refractivity contribution is 6.78. The molecule has 1 aliphatic heterocycles. The molecule has 0 N–H and O–H groups in total. The molecule has 4 aromatic carbocycles. The van der Waals surface area contributed by atoms with Crippen molar-refractivity contribution < 1.29 is 4.43 Å². The smallest absolute Gasteiger partial charge is 0.359 e. The summed E-state index contributed by atoms with van der Waals surface area (Å²) in [6.07, 6.45) is 0. The zero-order chi connectivity index (χ0) is 19.8. The summed E-state index contributed by atoms with van der Waals surface area (Å²) in [6.45, 7) is 4.48. The third-order valence-corrected chi connectivity index (χ3v) is 7.73. The van der Waals surface area contributed by atoms with E-state index in [1.54, 1.807) is 0 Å². The quantitative estimate of drug-likeness (QED) is 0.340. The van der Waals surface area contributed by atoms with Crippen LogP contribution in [0.4, 0.5) is 11.4 Å². The van der Waals surface area contributed by atoms with Gasteiger partial charge in [0.25, 0.3) is 0 Å². The SMILES string of the molecule is C[Si]1(C)Oc2ccccc2N1c1ccc(-c2cccc(-c3ccccc3)c2)cc1. The summed E-state index contributed by atoms with van der Waals surface area (Å²) in [5.41, 5.74) is 7.29. The van der Waals surface area contributed by atoms with E-state index in [1.807, 2.05) is 6.07 Å². The van der Waals surface area contributed by atoms with Crippen molar-refractivity contribution >= 4 is 19.9 Å². The fraction of sp³-hybridized carbons (Fsp3) is 0.0769. The van der Waals surface area contributed by atoms with Gasteiger partial charge in [0.1, 0.15) is 5.75 Å². The zero-order valence-corrected chi connectivity index (χ0v) is 17.7. The Morgan fingerprint density at radius 3 is 1.90 bits per heavy atom. The molecule has 29 heavy (non-hydrogen) atoms. The molecule has 0 fully saturated rings. The summed E-state index contributed by atoms with van der Waals surface area (Å²) in [5.74, 6) is 0.990. The third kappa shape index (κ3) is 3.24. The molecule has 3 heteroatoms. The van der Waals surface area contributed by atoms with Gasteiger partial charge in [0, 0.05) is 5.69 Å². The summed E-state index contributed by atoms with van der Waals surface area (Å²) < 4.78 is 8.70. The van der Waals surface area contributed by atoms with Gasteiger partial charge in [0.15, 0.2) is 0 Å². The number of anilines is 2. The van der Waals surface area contributed by atoms with Gasteiger partial charge in [-0.05, 0) is 65.7 Å². The van der Waals surface area contributed by atoms with Crippen LogP contribution in [0, 0.1) is 0 Å². The molecule has 2 nitrogen and oxygen atoms in total. The average molecular weight is 394 g/mol. The number of nitrogens with zero attached hydrogens (tertiary/aromatic N) is 1. The Morgan fingerprint density at radius 2 is 1.17 bits per heavy atom. The lowest BCUT2D eigenvalue weighted by molar-refractivity contribution is 0.574. The van der Waals surface area contributed by atoms with Gasteiger partial charge in [-0.1, -0.05) is 72.8 Å². The second-order valence-electron chi connectivity index (χ2n) is 7.85. The molecule has 0 aromatic heterocycles. The number of rotatable bonds is 3. The highest BCUT2D eigenvalue weighted by Crippen LogP contribution is 2.44. The molecule has 4 aromatic rings. The minimum atomic E-state index is -2.03. The van der Waals surface area contributed by atoms with Crippen LogP contribution in [0.1, 0.15) is 0 Å². The van der Waals surface area contributed by atoms with E-state index in [1.165, 1.54) is 33.6 Å². The highest BCUT2D eigenvalue weighted by atomic mass is 28.4. The molecule has 1 aliphatic rings. The number of fused-ring (bicyclic) bond motifs is 1. The number of benzene rings is 4. The topological polar surface area (TPSA) is 12.5 Å². The molecule has 0 atom stereocenters. The predicted octanol–water partition coefficient (Wildman–Crippen LogP) is 7.25. The number of hydrogen-bond acceptors (Lipinski definition) is 2. The Morgan fingerprint density at radius 1 is 0.586 bits per heavy atom. The van der Waals surface area contributed by atoms with Crippen LogP contribution < -0.4 is 8.99 Å². The average Bonchev–Trinajstić information content (AvgIpc) is 3.04. The summed E-state index contributed by atoms with van der Waals surface area (Å²) >= 11 is 0. The van der Waals surface area contributed by atoms with Crippen LogP contribution in [-0.4, -0.2) is 8.48 Å². The lowest BCUT2D eigenvalue weighted by atomic mass is 9.99. The maximum Gasteiger partial charge on any atom is 0.359 e. The Hall–Kier alpha value is -3.30. The molecule has 5 rings (SSSR count). The molecule has 0 bridgehead atoms. The molecule has 142 valence electrons. The predicted molar refractivity (Wildman–Crippen MR) is 124 cm³/mol.